The summed E-state index contributed by atoms with van der Waals surface area (Å²) in [6, 6.07) is 14.8. The van der Waals surface area contributed by atoms with Gasteiger partial charge in [0.15, 0.2) is 0 Å². The smallest absolute Gasteiger partial charge is 0.244 e. The number of nitrogens with zero attached hydrogens (tertiary/aromatic N) is 5. The van der Waals surface area contributed by atoms with Gasteiger partial charge in [0, 0.05) is 30.8 Å². The summed E-state index contributed by atoms with van der Waals surface area (Å²) in [6.07, 6.45) is 1.61. The van der Waals surface area contributed by atoms with Gasteiger partial charge in [-0.1, -0.05) is 30.3 Å². The van der Waals surface area contributed by atoms with E-state index in [4.69, 9.17) is 5.10 Å². The third kappa shape index (κ3) is 4.43. The molecule has 0 unspecified atom stereocenters. The predicted octanol–water partition coefficient (Wildman–Crippen LogP) is 4.45. The van der Waals surface area contributed by atoms with Gasteiger partial charge in [0.1, 0.15) is 18.1 Å². The summed E-state index contributed by atoms with van der Waals surface area (Å²) in [6.45, 7) is 5.13. The lowest BCUT2D eigenvalue weighted by molar-refractivity contribution is -0.131. The molecule has 0 saturated carbocycles. The molecule has 4 aromatic rings. The average Bonchev–Trinajstić information content (AvgIpc) is 3.33. The fraction of sp³-hybridized carbons (Fsp3) is 0.280. The van der Waals surface area contributed by atoms with Crippen LogP contribution in [0.2, 0.25) is 0 Å². The maximum atomic E-state index is 13.7. The monoisotopic (exact) mass is 461 g/mol. The molecule has 0 fully saturated rings. The van der Waals surface area contributed by atoms with Crippen LogP contribution in [0.15, 0.2) is 48.5 Å². The van der Waals surface area contributed by atoms with Crippen molar-refractivity contribution in [2.24, 2.45) is 0 Å². The van der Waals surface area contributed by atoms with Crippen molar-refractivity contribution >= 4 is 17.2 Å². The van der Waals surface area contributed by atoms with Crippen molar-refractivity contribution in [3.8, 4) is 22.6 Å². The van der Waals surface area contributed by atoms with Crippen molar-refractivity contribution in [3.05, 3.63) is 75.6 Å². The van der Waals surface area contributed by atoms with Crippen LogP contribution in [0.5, 0.6) is 0 Å². The number of aryl methyl sites for hydroxylation is 2. The Bertz CT molecular complexity index is 1290. The summed E-state index contributed by atoms with van der Waals surface area (Å²) >= 11 is 1.72. The van der Waals surface area contributed by atoms with Gasteiger partial charge in [-0.05, 0) is 37.6 Å². The van der Waals surface area contributed by atoms with E-state index in [-0.39, 0.29) is 18.3 Å². The summed E-state index contributed by atoms with van der Waals surface area (Å²) in [5.41, 5.74) is 4.42. The molecule has 1 aromatic carbocycles. The van der Waals surface area contributed by atoms with Gasteiger partial charge in [0.25, 0.3) is 0 Å². The number of halogens is 1. The highest BCUT2D eigenvalue weighted by Gasteiger charge is 2.23. The van der Waals surface area contributed by atoms with Crippen LogP contribution in [-0.2, 0) is 24.2 Å². The van der Waals surface area contributed by atoms with Crippen molar-refractivity contribution in [1.82, 2.24) is 24.6 Å². The minimum absolute atomic E-state index is 0.0250. The van der Waals surface area contributed by atoms with Gasteiger partial charge >= 0.3 is 0 Å². The van der Waals surface area contributed by atoms with Crippen LogP contribution in [0.1, 0.15) is 21.3 Å². The Morgan fingerprint density at radius 2 is 1.82 bits per heavy atom. The van der Waals surface area contributed by atoms with Crippen molar-refractivity contribution in [2.45, 2.75) is 33.2 Å². The highest BCUT2D eigenvalue weighted by atomic mass is 32.1. The highest BCUT2D eigenvalue weighted by Crippen LogP contribution is 2.27. The number of benzene rings is 1. The summed E-state index contributed by atoms with van der Waals surface area (Å²) < 4.78 is 15.5. The Labute approximate surface area is 195 Å². The summed E-state index contributed by atoms with van der Waals surface area (Å²) in [7, 11) is 0. The zero-order chi connectivity index (χ0) is 22.9. The highest BCUT2D eigenvalue weighted by molar-refractivity contribution is 7.11. The number of pyridine rings is 1. The van der Waals surface area contributed by atoms with Crippen LogP contribution in [0.4, 0.5) is 4.39 Å². The van der Waals surface area contributed by atoms with E-state index in [0.29, 0.717) is 30.2 Å². The molecule has 1 aliphatic rings. The van der Waals surface area contributed by atoms with Crippen molar-refractivity contribution < 1.29 is 9.18 Å². The van der Waals surface area contributed by atoms with Crippen molar-refractivity contribution in [3.63, 3.8) is 0 Å². The first kappa shape index (κ1) is 21.5. The van der Waals surface area contributed by atoms with Gasteiger partial charge in [0.05, 0.1) is 27.8 Å². The molecule has 0 N–H and O–H groups in total. The van der Waals surface area contributed by atoms with E-state index >= 15 is 0 Å². The zero-order valence-corrected chi connectivity index (χ0v) is 19.4. The minimum Gasteiger partial charge on any atom is -0.340 e. The average molecular weight is 462 g/mol. The predicted molar refractivity (Wildman–Crippen MR) is 126 cm³/mol. The van der Waals surface area contributed by atoms with Gasteiger partial charge in [-0.2, -0.15) is 5.10 Å². The Balaban J connectivity index is 1.42. The lowest BCUT2D eigenvalue weighted by Gasteiger charge is -2.20. The Hall–Kier alpha value is -3.39. The fourth-order valence-corrected chi connectivity index (χ4v) is 5.13. The molecular weight excluding hydrogens is 437 g/mol. The summed E-state index contributed by atoms with van der Waals surface area (Å²) in [5, 5.41) is 5.79. The van der Waals surface area contributed by atoms with Crippen molar-refractivity contribution in [2.75, 3.05) is 13.1 Å². The van der Waals surface area contributed by atoms with E-state index in [2.05, 4.69) is 9.97 Å². The molecule has 1 amide bonds. The molecule has 33 heavy (non-hydrogen) atoms. The maximum Gasteiger partial charge on any atom is 0.244 e. The fourth-order valence-electron chi connectivity index (χ4n) is 4.16. The van der Waals surface area contributed by atoms with Crippen LogP contribution in [0.3, 0.4) is 0 Å². The third-order valence-corrected chi connectivity index (χ3v) is 6.96. The Morgan fingerprint density at radius 3 is 2.61 bits per heavy atom. The quantitative estimate of drug-likeness (QED) is 0.450. The summed E-state index contributed by atoms with van der Waals surface area (Å²) in [4.78, 5) is 25.4. The van der Waals surface area contributed by atoms with Crippen LogP contribution in [0, 0.1) is 19.7 Å². The number of carbonyl (C=O) groups is 1. The molecule has 8 heteroatoms. The third-order valence-electron chi connectivity index (χ3n) is 5.88. The lowest BCUT2D eigenvalue weighted by atomic mass is 10.1. The molecule has 0 spiro atoms. The molecule has 5 rings (SSSR count). The van der Waals surface area contributed by atoms with Crippen LogP contribution in [-0.4, -0.2) is 43.6 Å². The molecule has 168 valence electrons. The van der Waals surface area contributed by atoms with E-state index < -0.39 is 0 Å². The first-order valence-electron chi connectivity index (χ1n) is 11.0. The Morgan fingerprint density at radius 1 is 1.03 bits per heavy atom. The number of carbonyl (C=O) groups excluding carboxylic acids is 1. The number of hydrogen-bond acceptors (Lipinski definition) is 5. The second-order valence-corrected chi connectivity index (χ2v) is 9.47. The first-order chi connectivity index (χ1) is 16.0. The van der Waals surface area contributed by atoms with E-state index in [0.717, 1.165) is 34.8 Å². The first-order valence-corrected chi connectivity index (χ1v) is 11.8. The van der Waals surface area contributed by atoms with E-state index in [1.54, 1.807) is 29.0 Å². The number of amides is 1. The normalized spacial score (nSPS) is 13.6. The molecule has 0 bridgehead atoms. The SMILES string of the molecule is Cc1nc2c(s1)CCN(C(=O)Cn1nc(-c3ccc(F)c(C)n3)cc1-c1ccccc1)CC2. The lowest BCUT2D eigenvalue weighted by Crippen LogP contribution is -2.36. The molecule has 1 aliphatic heterocycles. The molecule has 0 aliphatic carbocycles. The number of aromatic nitrogens is 4. The largest absolute Gasteiger partial charge is 0.340 e. The topological polar surface area (TPSA) is 63.9 Å². The number of hydrogen-bond donors (Lipinski definition) is 0. The van der Waals surface area contributed by atoms with Gasteiger partial charge in [-0.3, -0.25) is 9.48 Å². The van der Waals surface area contributed by atoms with E-state index in [9.17, 15) is 9.18 Å². The Kier molecular flexibility index (Phi) is 5.76. The second-order valence-electron chi connectivity index (χ2n) is 8.19. The molecule has 0 saturated heterocycles. The maximum absolute atomic E-state index is 13.7. The van der Waals surface area contributed by atoms with Crippen LogP contribution < -0.4 is 0 Å². The van der Waals surface area contributed by atoms with Gasteiger partial charge in [-0.25, -0.2) is 14.4 Å². The molecule has 3 aromatic heterocycles. The molecule has 4 heterocycles. The standard InChI is InChI=1S/C25H24FN5OS/c1-16-19(26)8-9-20(27-16)22-14-23(18-6-4-3-5-7-18)31(29-22)15-25(32)30-12-10-21-24(11-13-30)33-17(2)28-21/h3-9,14H,10-13,15H2,1-2H3. The number of rotatable bonds is 4. The van der Waals surface area contributed by atoms with Gasteiger partial charge < -0.3 is 4.90 Å². The van der Waals surface area contributed by atoms with Crippen LogP contribution >= 0.6 is 11.3 Å². The second kappa shape index (κ2) is 8.86. The number of thiazole rings is 1. The zero-order valence-electron chi connectivity index (χ0n) is 18.6. The molecule has 0 radical (unpaired) electrons. The van der Waals surface area contributed by atoms with Crippen molar-refractivity contribution in [1.29, 1.82) is 0 Å². The van der Waals surface area contributed by atoms with Gasteiger partial charge in [-0.15, -0.1) is 11.3 Å². The van der Waals surface area contributed by atoms with Crippen LogP contribution in [0.25, 0.3) is 22.6 Å². The molecular formula is C25H24FN5OS. The minimum atomic E-state index is -0.351. The van der Waals surface area contributed by atoms with E-state index in [1.807, 2.05) is 48.2 Å². The summed E-state index contributed by atoms with van der Waals surface area (Å²) in [5.74, 6) is -0.326. The molecule has 0 atom stereocenters. The van der Waals surface area contributed by atoms with E-state index in [1.165, 1.54) is 10.9 Å². The number of fused-ring (bicyclic) bond motifs is 1. The van der Waals surface area contributed by atoms with Gasteiger partial charge in [0.2, 0.25) is 5.91 Å². The molecule has 6 nitrogen and oxygen atoms in total.